The lowest BCUT2D eigenvalue weighted by atomic mass is 9.98. The summed E-state index contributed by atoms with van der Waals surface area (Å²) in [6.45, 7) is 4.30. The minimum absolute atomic E-state index is 0.00718. The molecule has 0 radical (unpaired) electrons. The number of carbonyl (C=O) groups is 1. The lowest BCUT2D eigenvalue weighted by Gasteiger charge is -2.21. The van der Waals surface area contributed by atoms with Gasteiger partial charge in [0.2, 0.25) is 5.91 Å². The van der Waals surface area contributed by atoms with Crippen molar-refractivity contribution >= 4 is 5.91 Å². The molecule has 0 bridgehead atoms. The van der Waals surface area contributed by atoms with Gasteiger partial charge in [-0.3, -0.25) is 9.78 Å². The van der Waals surface area contributed by atoms with Crippen LogP contribution in [0.25, 0.3) is 0 Å². The van der Waals surface area contributed by atoms with Crippen LogP contribution in [0.15, 0.2) is 48.8 Å². The summed E-state index contributed by atoms with van der Waals surface area (Å²) in [6, 6.07) is 11.5. The Balaban J connectivity index is 2.05. The average molecular weight is 312 g/mol. The van der Waals surface area contributed by atoms with Gasteiger partial charge in [-0.15, -0.1) is 0 Å². The number of methoxy groups -OCH3 is 1. The molecule has 0 unspecified atom stereocenters. The van der Waals surface area contributed by atoms with E-state index in [2.05, 4.69) is 24.1 Å². The van der Waals surface area contributed by atoms with Crippen molar-refractivity contribution in [2.45, 2.75) is 32.7 Å². The number of rotatable bonds is 7. The van der Waals surface area contributed by atoms with E-state index in [-0.39, 0.29) is 11.9 Å². The number of carbonyl (C=O) groups excluding carboxylic acids is 1. The van der Waals surface area contributed by atoms with Crippen LogP contribution in [-0.2, 0) is 11.2 Å². The van der Waals surface area contributed by atoms with Gasteiger partial charge in [-0.05, 0) is 41.7 Å². The summed E-state index contributed by atoms with van der Waals surface area (Å²) in [5.74, 6) is 1.26. The van der Waals surface area contributed by atoms with E-state index in [1.807, 2.05) is 42.6 Å². The van der Waals surface area contributed by atoms with Crippen molar-refractivity contribution in [3.63, 3.8) is 0 Å². The molecule has 1 atom stereocenters. The highest BCUT2D eigenvalue weighted by atomic mass is 16.5. The van der Waals surface area contributed by atoms with Gasteiger partial charge in [-0.25, -0.2) is 0 Å². The van der Waals surface area contributed by atoms with Gasteiger partial charge in [-0.1, -0.05) is 32.0 Å². The van der Waals surface area contributed by atoms with Crippen molar-refractivity contribution in [2.75, 3.05) is 7.11 Å². The molecular weight excluding hydrogens is 288 g/mol. The van der Waals surface area contributed by atoms with Crippen LogP contribution in [0.2, 0.25) is 0 Å². The molecule has 1 N–H and O–H groups in total. The summed E-state index contributed by atoms with van der Waals surface area (Å²) in [7, 11) is 1.63. The van der Waals surface area contributed by atoms with Gasteiger partial charge in [-0.2, -0.15) is 0 Å². The molecule has 0 spiro atoms. The Morgan fingerprint density at radius 1 is 1.26 bits per heavy atom. The maximum atomic E-state index is 12.4. The number of aromatic nitrogens is 1. The minimum atomic E-state index is -0.0122. The second-order valence-electron chi connectivity index (χ2n) is 6.06. The lowest BCUT2D eigenvalue weighted by Crippen LogP contribution is -2.30. The fourth-order valence-corrected chi connectivity index (χ4v) is 2.55. The molecule has 2 aromatic rings. The Bertz CT molecular complexity index is 626. The number of nitrogens with zero attached hydrogens (tertiary/aromatic N) is 1. The zero-order valence-corrected chi connectivity index (χ0v) is 14.0. The fourth-order valence-electron chi connectivity index (χ4n) is 2.55. The molecular formula is C19H24N2O2. The summed E-state index contributed by atoms with van der Waals surface area (Å²) >= 11 is 0. The molecule has 0 aliphatic carbocycles. The first-order valence-corrected chi connectivity index (χ1v) is 7.90. The fraction of sp³-hybridized carbons (Fsp3) is 0.368. The van der Waals surface area contributed by atoms with Gasteiger partial charge in [0.05, 0.1) is 19.6 Å². The molecule has 1 aromatic carbocycles. The van der Waals surface area contributed by atoms with E-state index in [0.29, 0.717) is 12.3 Å². The van der Waals surface area contributed by atoms with Crippen molar-refractivity contribution in [3.05, 3.63) is 59.9 Å². The van der Waals surface area contributed by atoms with Crippen LogP contribution in [-0.4, -0.2) is 18.0 Å². The summed E-state index contributed by atoms with van der Waals surface area (Å²) < 4.78 is 5.20. The molecule has 4 nitrogen and oxygen atoms in total. The van der Waals surface area contributed by atoms with E-state index < -0.39 is 0 Å². The highest BCUT2D eigenvalue weighted by molar-refractivity contribution is 5.79. The zero-order valence-electron chi connectivity index (χ0n) is 14.0. The number of pyridine rings is 1. The molecule has 1 aromatic heterocycles. The first-order valence-electron chi connectivity index (χ1n) is 7.90. The summed E-state index contributed by atoms with van der Waals surface area (Å²) in [5.41, 5.74) is 1.98. The van der Waals surface area contributed by atoms with E-state index in [9.17, 15) is 4.79 Å². The van der Waals surface area contributed by atoms with E-state index in [0.717, 1.165) is 23.3 Å². The number of ether oxygens (including phenoxy) is 1. The molecule has 0 aliphatic heterocycles. The van der Waals surface area contributed by atoms with Gasteiger partial charge in [0.25, 0.3) is 0 Å². The first kappa shape index (κ1) is 17.0. The number of hydrogen-bond donors (Lipinski definition) is 1. The third-order valence-corrected chi connectivity index (χ3v) is 3.63. The van der Waals surface area contributed by atoms with Crippen LogP contribution in [0.5, 0.6) is 5.75 Å². The van der Waals surface area contributed by atoms with Gasteiger partial charge in [0.15, 0.2) is 0 Å². The molecule has 4 heteroatoms. The van der Waals surface area contributed by atoms with Crippen LogP contribution in [0.1, 0.15) is 37.4 Å². The largest absolute Gasteiger partial charge is 0.497 e. The maximum Gasteiger partial charge on any atom is 0.224 e. The SMILES string of the molecule is COc1cccc(CC(=O)N[C@H](CC(C)C)c2cccnc2)c1. The Morgan fingerprint density at radius 3 is 2.74 bits per heavy atom. The Morgan fingerprint density at radius 2 is 2.09 bits per heavy atom. The molecule has 0 saturated carbocycles. The lowest BCUT2D eigenvalue weighted by molar-refractivity contribution is -0.121. The molecule has 1 amide bonds. The Kier molecular flexibility index (Phi) is 6.15. The van der Waals surface area contributed by atoms with E-state index >= 15 is 0 Å². The summed E-state index contributed by atoms with van der Waals surface area (Å²) in [6.07, 6.45) is 4.79. The number of amides is 1. The normalized spacial score (nSPS) is 12.0. The van der Waals surface area contributed by atoms with Crippen molar-refractivity contribution < 1.29 is 9.53 Å². The molecule has 0 fully saturated rings. The quantitative estimate of drug-likeness (QED) is 0.851. The van der Waals surface area contributed by atoms with Crippen molar-refractivity contribution in [1.29, 1.82) is 0 Å². The van der Waals surface area contributed by atoms with Crippen molar-refractivity contribution in [1.82, 2.24) is 10.3 Å². The van der Waals surface area contributed by atoms with Crippen molar-refractivity contribution in [3.8, 4) is 5.75 Å². The van der Waals surface area contributed by atoms with Crippen molar-refractivity contribution in [2.24, 2.45) is 5.92 Å². The van der Waals surface area contributed by atoms with Gasteiger partial charge < -0.3 is 10.1 Å². The van der Waals surface area contributed by atoms with Gasteiger partial charge in [0, 0.05) is 12.4 Å². The number of hydrogen-bond acceptors (Lipinski definition) is 3. The molecule has 0 saturated heterocycles. The third kappa shape index (κ3) is 5.40. The van der Waals surface area contributed by atoms with Crippen LogP contribution < -0.4 is 10.1 Å². The molecule has 0 aliphatic rings. The number of benzene rings is 1. The van der Waals surface area contributed by atoms with Crippen LogP contribution in [0, 0.1) is 5.92 Å². The standard InChI is InChI=1S/C19H24N2O2/c1-14(2)10-18(16-7-5-9-20-13-16)21-19(22)12-15-6-4-8-17(11-15)23-3/h4-9,11,13-14,18H,10,12H2,1-3H3,(H,21,22)/t18-/m1/s1. The number of nitrogens with one attached hydrogen (secondary N) is 1. The average Bonchev–Trinajstić information content (AvgIpc) is 2.54. The van der Waals surface area contributed by atoms with Gasteiger partial charge >= 0.3 is 0 Å². The van der Waals surface area contributed by atoms with E-state index in [1.165, 1.54) is 0 Å². The summed E-state index contributed by atoms with van der Waals surface area (Å²) in [4.78, 5) is 16.6. The Hall–Kier alpha value is -2.36. The van der Waals surface area contributed by atoms with Crippen LogP contribution in [0.3, 0.4) is 0 Å². The van der Waals surface area contributed by atoms with Crippen LogP contribution >= 0.6 is 0 Å². The smallest absolute Gasteiger partial charge is 0.224 e. The second-order valence-corrected chi connectivity index (χ2v) is 6.06. The minimum Gasteiger partial charge on any atom is -0.497 e. The maximum absolute atomic E-state index is 12.4. The predicted octanol–water partition coefficient (Wildman–Crippen LogP) is 3.54. The first-order chi connectivity index (χ1) is 11.1. The second kappa shape index (κ2) is 8.32. The zero-order chi connectivity index (χ0) is 16.7. The van der Waals surface area contributed by atoms with Gasteiger partial charge in [0.1, 0.15) is 5.75 Å². The molecule has 1 heterocycles. The Labute approximate surface area is 137 Å². The molecule has 23 heavy (non-hydrogen) atoms. The van der Waals surface area contributed by atoms with E-state index in [4.69, 9.17) is 4.74 Å². The highest BCUT2D eigenvalue weighted by Crippen LogP contribution is 2.21. The third-order valence-electron chi connectivity index (χ3n) is 3.63. The monoisotopic (exact) mass is 312 g/mol. The topological polar surface area (TPSA) is 51.2 Å². The highest BCUT2D eigenvalue weighted by Gasteiger charge is 2.16. The summed E-state index contributed by atoms with van der Waals surface area (Å²) in [5, 5.41) is 3.13. The van der Waals surface area contributed by atoms with E-state index in [1.54, 1.807) is 13.3 Å². The molecule has 122 valence electrons. The molecule has 2 rings (SSSR count). The van der Waals surface area contributed by atoms with Crippen LogP contribution in [0.4, 0.5) is 0 Å². The predicted molar refractivity (Wildman–Crippen MR) is 91.3 cm³/mol.